The molecule has 1 aromatic carbocycles. The monoisotopic (exact) mass is 228 g/mol. The van der Waals surface area contributed by atoms with Gasteiger partial charge < -0.3 is 5.73 Å². The molecule has 86 valence electrons. The Kier molecular flexibility index (Phi) is 3.43. The third-order valence-corrected chi connectivity index (χ3v) is 2.30. The Morgan fingerprint density at radius 3 is 2.71 bits per heavy atom. The molecule has 2 N–H and O–H groups in total. The van der Waals surface area contributed by atoms with Crippen LogP contribution in [0.5, 0.6) is 0 Å². The molecule has 0 spiro atoms. The summed E-state index contributed by atoms with van der Waals surface area (Å²) in [6.07, 6.45) is 0.859. The van der Waals surface area contributed by atoms with Crippen LogP contribution in [0.4, 0.5) is 0 Å². The van der Waals surface area contributed by atoms with E-state index in [-0.39, 0.29) is 6.67 Å². The fourth-order valence-electron chi connectivity index (χ4n) is 1.47. The van der Waals surface area contributed by atoms with Crippen LogP contribution in [-0.2, 0) is 13.1 Å². The molecule has 0 bridgehead atoms. The zero-order chi connectivity index (χ0) is 12.1. The van der Waals surface area contributed by atoms with Crippen LogP contribution in [-0.4, -0.2) is 26.8 Å². The van der Waals surface area contributed by atoms with E-state index in [4.69, 9.17) is 12.3 Å². The Morgan fingerprint density at radius 1 is 1.29 bits per heavy atom. The molecule has 6 nitrogen and oxygen atoms in total. The SMILES string of the molecule is [C-]#[N+]Cn1nnc(-c2ccc(CCN)cc2)n1. The standard InChI is InChI=1S/C11H12N6/c1-13-8-17-15-11(14-16-17)10-4-2-9(3-5-10)6-7-12/h2-5H,6-8,12H2. The highest BCUT2D eigenvalue weighted by atomic mass is 15.6. The maximum atomic E-state index is 6.71. The summed E-state index contributed by atoms with van der Waals surface area (Å²) in [5.74, 6) is 0.535. The summed E-state index contributed by atoms with van der Waals surface area (Å²) in [6, 6.07) is 7.86. The van der Waals surface area contributed by atoms with E-state index < -0.39 is 0 Å². The molecule has 0 unspecified atom stereocenters. The first-order chi connectivity index (χ1) is 8.33. The second-order valence-electron chi connectivity index (χ2n) is 3.52. The molecule has 1 heterocycles. The Hall–Kier alpha value is -2.26. The predicted octanol–water partition coefficient (Wildman–Crippen LogP) is 0.718. The minimum absolute atomic E-state index is 0.0955. The Bertz CT molecular complexity index is 522. The number of nitrogens with two attached hydrogens (primary N) is 1. The average Bonchev–Trinajstić information content (AvgIpc) is 2.80. The van der Waals surface area contributed by atoms with Crippen LogP contribution in [0.3, 0.4) is 0 Å². The molecule has 0 amide bonds. The van der Waals surface area contributed by atoms with Gasteiger partial charge in [-0.25, -0.2) is 6.57 Å². The average molecular weight is 228 g/mol. The lowest BCUT2D eigenvalue weighted by atomic mass is 10.1. The summed E-state index contributed by atoms with van der Waals surface area (Å²) in [5, 5.41) is 11.8. The summed E-state index contributed by atoms with van der Waals surface area (Å²) >= 11 is 0. The van der Waals surface area contributed by atoms with Crippen LogP contribution in [0, 0.1) is 6.57 Å². The van der Waals surface area contributed by atoms with Crippen molar-refractivity contribution in [3.8, 4) is 11.4 Å². The lowest BCUT2D eigenvalue weighted by Crippen LogP contribution is -2.02. The second kappa shape index (κ2) is 5.18. The lowest BCUT2D eigenvalue weighted by Gasteiger charge is -1.99. The number of tetrazole rings is 1. The van der Waals surface area contributed by atoms with Gasteiger partial charge in [-0.1, -0.05) is 29.1 Å². The van der Waals surface area contributed by atoms with Crippen LogP contribution >= 0.6 is 0 Å². The summed E-state index contributed by atoms with van der Waals surface area (Å²) in [7, 11) is 0. The van der Waals surface area contributed by atoms with Crippen LogP contribution < -0.4 is 5.73 Å². The molecule has 0 atom stereocenters. The number of nitrogens with zero attached hydrogens (tertiary/aromatic N) is 5. The van der Waals surface area contributed by atoms with Crippen molar-refractivity contribution in [2.45, 2.75) is 13.1 Å². The first-order valence-electron chi connectivity index (χ1n) is 5.24. The zero-order valence-electron chi connectivity index (χ0n) is 9.24. The van der Waals surface area contributed by atoms with Crippen molar-refractivity contribution in [2.24, 2.45) is 5.73 Å². The molecule has 1 aromatic heterocycles. The van der Waals surface area contributed by atoms with E-state index in [0.717, 1.165) is 12.0 Å². The van der Waals surface area contributed by atoms with Gasteiger partial charge in [-0.3, -0.25) is 4.85 Å². The normalized spacial score (nSPS) is 10.1. The van der Waals surface area contributed by atoms with E-state index in [9.17, 15) is 0 Å². The van der Waals surface area contributed by atoms with Gasteiger partial charge in [-0.05, 0) is 23.7 Å². The van der Waals surface area contributed by atoms with Gasteiger partial charge in [0.25, 0.3) is 0 Å². The third-order valence-electron chi connectivity index (χ3n) is 2.30. The van der Waals surface area contributed by atoms with Gasteiger partial charge in [0.1, 0.15) is 0 Å². The number of rotatable bonds is 4. The van der Waals surface area contributed by atoms with Crippen molar-refractivity contribution in [3.63, 3.8) is 0 Å². The molecule has 0 radical (unpaired) electrons. The number of hydrogen-bond donors (Lipinski definition) is 1. The first-order valence-corrected chi connectivity index (χ1v) is 5.24. The molecule has 17 heavy (non-hydrogen) atoms. The Morgan fingerprint density at radius 2 is 2.06 bits per heavy atom. The lowest BCUT2D eigenvalue weighted by molar-refractivity contribution is 0.580. The smallest absolute Gasteiger partial charge is 0.325 e. The minimum Gasteiger partial charge on any atom is -0.330 e. The molecular formula is C11H12N6. The van der Waals surface area contributed by atoms with E-state index in [1.165, 1.54) is 10.4 Å². The van der Waals surface area contributed by atoms with Crippen molar-refractivity contribution >= 4 is 0 Å². The van der Waals surface area contributed by atoms with E-state index in [2.05, 4.69) is 20.3 Å². The summed E-state index contributed by atoms with van der Waals surface area (Å²) < 4.78 is 0. The van der Waals surface area contributed by atoms with Crippen LogP contribution in [0.15, 0.2) is 24.3 Å². The first kappa shape index (κ1) is 11.2. The van der Waals surface area contributed by atoms with Gasteiger partial charge in [0.05, 0.1) is 0 Å². The fourth-order valence-corrected chi connectivity index (χ4v) is 1.47. The highest BCUT2D eigenvalue weighted by Crippen LogP contribution is 2.14. The molecule has 0 saturated heterocycles. The van der Waals surface area contributed by atoms with Crippen molar-refractivity contribution in [2.75, 3.05) is 6.54 Å². The summed E-state index contributed by atoms with van der Waals surface area (Å²) in [4.78, 5) is 4.46. The number of aromatic nitrogens is 4. The van der Waals surface area contributed by atoms with Crippen molar-refractivity contribution in [1.29, 1.82) is 0 Å². The molecule has 0 aliphatic carbocycles. The molecule has 2 aromatic rings. The largest absolute Gasteiger partial charge is 0.330 e. The van der Waals surface area contributed by atoms with Crippen LogP contribution in [0.2, 0.25) is 0 Å². The van der Waals surface area contributed by atoms with Crippen molar-refractivity contribution in [1.82, 2.24) is 20.2 Å². The van der Waals surface area contributed by atoms with Gasteiger partial charge in [-0.15, -0.1) is 10.2 Å². The maximum Gasteiger partial charge on any atom is 0.325 e. The second-order valence-corrected chi connectivity index (χ2v) is 3.52. The quantitative estimate of drug-likeness (QED) is 0.782. The Balaban J connectivity index is 2.18. The van der Waals surface area contributed by atoms with E-state index >= 15 is 0 Å². The topological polar surface area (TPSA) is 74.0 Å². The van der Waals surface area contributed by atoms with Crippen LogP contribution in [0.1, 0.15) is 5.56 Å². The van der Waals surface area contributed by atoms with Crippen LogP contribution in [0.25, 0.3) is 16.2 Å². The maximum absolute atomic E-state index is 6.71. The zero-order valence-corrected chi connectivity index (χ0v) is 9.24. The van der Waals surface area contributed by atoms with Gasteiger partial charge in [0.2, 0.25) is 5.82 Å². The minimum atomic E-state index is 0.0955. The third kappa shape index (κ3) is 2.65. The highest BCUT2D eigenvalue weighted by molar-refractivity contribution is 5.54. The summed E-state index contributed by atoms with van der Waals surface area (Å²) in [5.41, 5.74) is 7.56. The van der Waals surface area contributed by atoms with Gasteiger partial charge in [0.15, 0.2) is 0 Å². The molecule has 6 heteroatoms. The van der Waals surface area contributed by atoms with E-state index in [0.29, 0.717) is 12.4 Å². The molecule has 0 fully saturated rings. The van der Waals surface area contributed by atoms with Gasteiger partial charge in [0, 0.05) is 5.56 Å². The molecule has 0 aliphatic rings. The molecule has 2 rings (SSSR count). The molecule has 0 saturated carbocycles. The van der Waals surface area contributed by atoms with Crippen molar-refractivity contribution < 1.29 is 0 Å². The Labute approximate surface area is 98.9 Å². The predicted molar refractivity (Wildman–Crippen MR) is 62.6 cm³/mol. The number of hydrogen-bond acceptors (Lipinski definition) is 4. The number of benzene rings is 1. The van der Waals surface area contributed by atoms with E-state index in [1.54, 1.807) is 0 Å². The molecule has 0 aliphatic heterocycles. The highest BCUT2D eigenvalue weighted by Gasteiger charge is 2.06. The summed E-state index contributed by atoms with van der Waals surface area (Å²) in [6.45, 7) is 7.45. The fraction of sp³-hybridized carbons (Fsp3) is 0.273. The van der Waals surface area contributed by atoms with Gasteiger partial charge in [-0.2, -0.15) is 0 Å². The van der Waals surface area contributed by atoms with Gasteiger partial charge >= 0.3 is 6.67 Å². The molecular weight excluding hydrogens is 216 g/mol. The van der Waals surface area contributed by atoms with E-state index in [1.807, 2.05) is 24.3 Å². The van der Waals surface area contributed by atoms with Crippen molar-refractivity contribution in [3.05, 3.63) is 41.2 Å².